The third-order valence-electron chi connectivity index (χ3n) is 3.32. The number of methoxy groups -OCH3 is 2. The van der Waals surface area contributed by atoms with Gasteiger partial charge in [-0.25, -0.2) is 5.10 Å². The minimum absolute atomic E-state index is 0.381. The van der Waals surface area contributed by atoms with Crippen LogP contribution in [0.2, 0.25) is 0 Å². The number of H-pyrrole nitrogens is 1. The van der Waals surface area contributed by atoms with Crippen LogP contribution in [0.15, 0.2) is 47.8 Å². The molecule has 0 unspecified atom stereocenters. The summed E-state index contributed by atoms with van der Waals surface area (Å²) < 4.78 is 12.6. The highest BCUT2D eigenvalue weighted by atomic mass is 32.1. The highest BCUT2D eigenvalue weighted by molar-refractivity contribution is 7.71. The van der Waals surface area contributed by atoms with E-state index in [1.165, 1.54) is 4.68 Å². The summed E-state index contributed by atoms with van der Waals surface area (Å²) in [5.74, 6) is 1.80. The van der Waals surface area contributed by atoms with Gasteiger partial charge in [-0.3, -0.25) is 4.98 Å². The Bertz CT molecular complexity index is 918. The van der Waals surface area contributed by atoms with Crippen LogP contribution >= 0.6 is 12.2 Å². The number of rotatable bonds is 5. The predicted octanol–water partition coefficient (Wildman–Crippen LogP) is 2.90. The van der Waals surface area contributed by atoms with Crippen LogP contribution in [0, 0.1) is 4.77 Å². The van der Waals surface area contributed by atoms with Crippen LogP contribution in [0.4, 0.5) is 0 Å². The van der Waals surface area contributed by atoms with Crippen molar-refractivity contribution in [3.8, 4) is 22.9 Å². The van der Waals surface area contributed by atoms with Crippen LogP contribution in [0.5, 0.6) is 11.5 Å². The van der Waals surface area contributed by atoms with Crippen molar-refractivity contribution in [2.24, 2.45) is 5.10 Å². The number of hydrogen-bond donors (Lipinski definition) is 1. The number of aromatic nitrogens is 4. The molecule has 1 N–H and O–H groups in total. The molecule has 7 nitrogen and oxygen atoms in total. The highest BCUT2D eigenvalue weighted by Crippen LogP contribution is 2.29. The Morgan fingerprint density at radius 2 is 2.08 bits per heavy atom. The van der Waals surface area contributed by atoms with Gasteiger partial charge in [-0.2, -0.15) is 14.9 Å². The standard InChI is InChI=1S/C16H15N5O2S/c1-22-13-7-3-5-11(14(13)23-2)10-18-21-15(19-20-16(21)24)12-6-4-8-17-9-12/h3-10H,1-2H3,(H,20,24)/b18-10-. The maximum Gasteiger partial charge on any atom is 0.216 e. The van der Waals surface area contributed by atoms with Gasteiger partial charge < -0.3 is 9.47 Å². The Labute approximate surface area is 143 Å². The zero-order valence-electron chi connectivity index (χ0n) is 13.1. The Morgan fingerprint density at radius 1 is 1.21 bits per heavy atom. The number of para-hydroxylation sites is 1. The highest BCUT2D eigenvalue weighted by Gasteiger charge is 2.10. The number of aromatic amines is 1. The summed E-state index contributed by atoms with van der Waals surface area (Å²) >= 11 is 5.25. The summed E-state index contributed by atoms with van der Waals surface area (Å²) in [7, 11) is 3.17. The van der Waals surface area contributed by atoms with Crippen LogP contribution in [0.3, 0.4) is 0 Å². The summed E-state index contributed by atoms with van der Waals surface area (Å²) in [6.45, 7) is 0. The molecule has 0 spiro atoms. The summed E-state index contributed by atoms with van der Waals surface area (Å²) in [6.07, 6.45) is 5.04. The average molecular weight is 341 g/mol. The first-order valence-corrected chi connectivity index (χ1v) is 7.48. The van der Waals surface area contributed by atoms with Crippen LogP contribution in [0.25, 0.3) is 11.4 Å². The second kappa shape index (κ2) is 7.05. The third-order valence-corrected chi connectivity index (χ3v) is 3.58. The fourth-order valence-corrected chi connectivity index (χ4v) is 2.39. The third kappa shape index (κ3) is 3.04. The molecule has 1 aromatic carbocycles. The molecule has 0 amide bonds. The lowest BCUT2D eigenvalue weighted by molar-refractivity contribution is 0.354. The second-order valence-electron chi connectivity index (χ2n) is 4.73. The van der Waals surface area contributed by atoms with Gasteiger partial charge in [0.2, 0.25) is 4.77 Å². The van der Waals surface area contributed by atoms with Gasteiger partial charge in [-0.05, 0) is 36.5 Å². The van der Waals surface area contributed by atoms with Gasteiger partial charge in [0.15, 0.2) is 17.3 Å². The molecule has 0 bridgehead atoms. The number of ether oxygens (including phenoxy) is 2. The normalized spacial score (nSPS) is 10.9. The zero-order chi connectivity index (χ0) is 16.9. The van der Waals surface area contributed by atoms with E-state index in [-0.39, 0.29) is 0 Å². The Balaban J connectivity index is 2.03. The van der Waals surface area contributed by atoms with E-state index in [9.17, 15) is 0 Å². The molecule has 24 heavy (non-hydrogen) atoms. The number of nitrogens with one attached hydrogen (secondary N) is 1. The lowest BCUT2D eigenvalue weighted by Crippen LogP contribution is -1.98. The first kappa shape index (κ1) is 15.9. The van der Waals surface area contributed by atoms with Crippen LogP contribution in [0.1, 0.15) is 5.56 Å². The van der Waals surface area contributed by atoms with E-state index < -0.39 is 0 Å². The summed E-state index contributed by atoms with van der Waals surface area (Å²) in [5.41, 5.74) is 1.57. The van der Waals surface area contributed by atoms with Gasteiger partial charge >= 0.3 is 0 Å². The minimum Gasteiger partial charge on any atom is -0.493 e. The molecule has 0 atom stereocenters. The van der Waals surface area contributed by atoms with Gasteiger partial charge in [0.1, 0.15) is 0 Å². The molecular weight excluding hydrogens is 326 g/mol. The Hall–Kier alpha value is -3.00. The van der Waals surface area contributed by atoms with Crippen LogP contribution in [-0.2, 0) is 0 Å². The first-order valence-electron chi connectivity index (χ1n) is 7.07. The van der Waals surface area contributed by atoms with E-state index in [4.69, 9.17) is 21.7 Å². The fourth-order valence-electron chi connectivity index (χ4n) is 2.21. The van der Waals surface area contributed by atoms with E-state index in [1.807, 2.05) is 30.3 Å². The van der Waals surface area contributed by atoms with Gasteiger partial charge in [0, 0.05) is 23.5 Å². The average Bonchev–Trinajstić information content (AvgIpc) is 3.00. The number of pyridine rings is 1. The predicted molar refractivity (Wildman–Crippen MR) is 93.2 cm³/mol. The van der Waals surface area contributed by atoms with E-state index in [2.05, 4.69) is 20.3 Å². The molecule has 3 rings (SSSR count). The minimum atomic E-state index is 0.381. The zero-order valence-corrected chi connectivity index (χ0v) is 13.9. The molecule has 0 aliphatic carbocycles. The molecule has 2 aromatic heterocycles. The molecule has 0 aliphatic heterocycles. The molecule has 0 radical (unpaired) electrons. The maximum atomic E-state index is 5.40. The molecule has 2 heterocycles. The van der Waals surface area contributed by atoms with Gasteiger partial charge in [0.25, 0.3) is 0 Å². The van der Waals surface area contributed by atoms with Crippen molar-refractivity contribution in [1.82, 2.24) is 19.9 Å². The fraction of sp³-hybridized carbons (Fsp3) is 0.125. The Kier molecular flexibility index (Phi) is 4.66. The van der Waals surface area contributed by atoms with E-state index in [0.717, 1.165) is 11.1 Å². The summed E-state index contributed by atoms with van der Waals surface area (Å²) in [4.78, 5) is 4.09. The lowest BCUT2D eigenvalue weighted by atomic mass is 10.2. The largest absolute Gasteiger partial charge is 0.493 e. The second-order valence-corrected chi connectivity index (χ2v) is 5.12. The van der Waals surface area contributed by atoms with Crippen molar-refractivity contribution in [3.05, 3.63) is 53.1 Å². The smallest absolute Gasteiger partial charge is 0.216 e. The quantitative estimate of drug-likeness (QED) is 0.570. The topological polar surface area (TPSA) is 77.3 Å². The molecule has 3 aromatic rings. The molecule has 8 heteroatoms. The van der Waals surface area contributed by atoms with Gasteiger partial charge in [-0.15, -0.1) is 0 Å². The Morgan fingerprint density at radius 3 is 2.79 bits per heavy atom. The van der Waals surface area contributed by atoms with Crippen LogP contribution < -0.4 is 9.47 Å². The molecular formula is C16H15N5O2S. The number of hydrogen-bond acceptors (Lipinski definition) is 6. The lowest BCUT2D eigenvalue weighted by Gasteiger charge is -2.09. The molecule has 0 aliphatic rings. The van der Waals surface area contributed by atoms with Crippen molar-refractivity contribution >= 4 is 18.4 Å². The number of nitrogens with zero attached hydrogens (tertiary/aromatic N) is 4. The van der Waals surface area contributed by atoms with Crippen molar-refractivity contribution in [2.45, 2.75) is 0 Å². The van der Waals surface area contributed by atoms with E-state index in [1.54, 1.807) is 32.8 Å². The van der Waals surface area contributed by atoms with Crippen molar-refractivity contribution in [2.75, 3.05) is 14.2 Å². The number of benzene rings is 1. The van der Waals surface area contributed by atoms with E-state index >= 15 is 0 Å². The molecule has 0 saturated heterocycles. The van der Waals surface area contributed by atoms with Crippen molar-refractivity contribution in [3.63, 3.8) is 0 Å². The summed E-state index contributed by atoms with van der Waals surface area (Å²) in [5, 5.41) is 11.4. The SMILES string of the molecule is COc1cccc(/C=N\n2c(-c3cccnc3)n[nH]c2=S)c1OC. The summed E-state index contributed by atoms with van der Waals surface area (Å²) in [6, 6.07) is 9.26. The molecule has 122 valence electrons. The van der Waals surface area contributed by atoms with Gasteiger partial charge in [0.05, 0.1) is 20.4 Å². The monoisotopic (exact) mass is 341 g/mol. The van der Waals surface area contributed by atoms with Crippen molar-refractivity contribution < 1.29 is 9.47 Å². The van der Waals surface area contributed by atoms with Crippen molar-refractivity contribution in [1.29, 1.82) is 0 Å². The molecule has 0 saturated carbocycles. The molecule has 0 fully saturated rings. The van der Waals surface area contributed by atoms with Crippen LogP contribution in [-0.4, -0.2) is 40.3 Å². The van der Waals surface area contributed by atoms with E-state index in [0.29, 0.717) is 22.1 Å². The first-order chi connectivity index (χ1) is 11.7. The maximum absolute atomic E-state index is 5.40. The van der Waals surface area contributed by atoms with Gasteiger partial charge in [-0.1, -0.05) is 6.07 Å².